The molecule has 2 heterocycles. The van der Waals surface area contributed by atoms with Crippen molar-refractivity contribution >= 4 is 34.9 Å². The van der Waals surface area contributed by atoms with E-state index in [9.17, 15) is 14.9 Å². The van der Waals surface area contributed by atoms with E-state index in [1.807, 2.05) is 48.5 Å². The Labute approximate surface area is 189 Å². The quantitative estimate of drug-likeness (QED) is 0.226. The highest BCUT2D eigenvalue weighted by Gasteiger charge is 2.14. The number of nitrogens with one attached hydrogen (secondary N) is 2. The Bertz CT molecular complexity index is 1320. The van der Waals surface area contributed by atoms with Crippen LogP contribution in [0.4, 0.5) is 22.9 Å². The first-order valence-electron chi connectivity index (χ1n) is 10.0. The molecule has 4 rings (SSSR count). The van der Waals surface area contributed by atoms with Gasteiger partial charge in [0.15, 0.2) is 0 Å². The second-order valence-corrected chi connectivity index (χ2v) is 7.02. The Morgan fingerprint density at radius 1 is 0.879 bits per heavy atom. The molecule has 0 bridgehead atoms. The van der Waals surface area contributed by atoms with Crippen LogP contribution in [0.15, 0.2) is 97.5 Å². The fraction of sp³-hybridized carbons (Fsp3) is 0. The molecule has 8 heteroatoms. The Morgan fingerprint density at radius 3 is 2.30 bits per heavy atom. The van der Waals surface area contributed by atoms with Crippen LogP contribution in [-0.4, -0.2) is 20.8 Å². The Morgan fingerprint density at radius 2 is 1.58 bits per heavy atom. The summed E-state index contributed by atoms with van der Waals surface area (Å²) in [5.74, 6) is -0.0801. The zero-order valence-electron chi connectivity index (χ0n) is 17.4. The van der Waals surface area contributed by atoms with Crippen molar-refractivity contribution in [3.05, 3.63) is 113 Å². The van der Waals surface area contributed by atoms with Crippen molar-refractivity contribution in [2.24, 2.45) is 0 Å². The maximum absolute atomic E-state index is 12.3. The Balaban J connectivity index is 1.50. The first-order chi connectivity index (χ1) is 16.1. The Hall–Kier alpha value is -4.85. The fourth-order valence-corrected chi connectivity index (χ4v) is 3.16. The van der Waals surface area contributed by atoms with Crippen LogP contribution in [0, 0.1) is 10.1 Å². The molecule has 0 aliphatic carbocycles. The van der Waals surface area contributed by atoms with Crippen molar-refractivity contribution in [1.29, 1.82) is 0 Å². The molecule has 0 spiro atoms. The molecule has 8 nitrogen and oxygen atoms in total. The van der Waals surface area contributed by atoms with Crippen molar-refractivity contribution in [2.75, 3.05) is 10.6 Å². The van der Waals surface area contributed by atoms with Gasteiger partial charge in [0.1, 0.15) is 0 Å². The summed E-state index contributed by atoms with van der Waals surface area (Å²) < 4.78 is 0. The van der Waals surface area contributed by atoms with Gasteiger partial charge < -0.3 is 10.6 Å². The van der Waals surface area contributed by atoms with Crippen LogP contribution in [0.2, 0.25) is 0 Å². The highest BCUT2D eigenvalue weighted by Crippen LogP contribution is 2.29. The van der Waals surface area contributed by atoms with Crippen LogP contribution in [0.5, 0.6) is 0 Å². The van der Waals surface area contributed by atoms with E-state index in [0.29, 0.717) is 11.4 Å². The minimum Gasteiger partial charge on any atom is -0.334 e. The number of benzene rings is 2. The smallest absolute Gasteiger partial charge is 0.311 e. The number of carbonyl (C=O) groups is 1. The summed E-state index contributed by atoms with van der Waals surface area (Å²) in [7, 11) is 0. The van der Waals surface area contributed by atoms with Gasteiger partial charge >= 0.3 is 5.69 Å². The highest BCUT2D eigenvalue weighted by atomic mass is 16.6. The van der Waals surface area contributed by atoms with E-state index in [2.05, 4.69) is 20.6 Å². The van der Waals surface area contributed by atoms with Crippen molar-refractivity contribution in [2.45, 2.75) is 0 Å². The third kappa shape index (κ3) is 5.65. The predicted molar refractivity (Wildman–Crippen MR) is 128 cm³/mol. The van der Waals surface area contributed by atoms with Gasteiger partial charge in [-0.05, 0) is 65.2 Å². The zero-order chi connectivity index (χ0) is 23.0. The lowest BCUT2D eigenvalue weighted by molar-refractivity contribution is -0.384. The molecular weight excluding hydrogens is 418 g/mol. The normalized spacial score (nSPS) is 10.7. The first-order valence-corrected chi connectivity index (χ1v) is 10.0. The number of nitro groups is 1. The number of amides is 1. The summed E-state index contributed by atoms with van der Waals surface area (Å²) in [6, 6.07) is 21.4. The lowest BCUT2D eigenvalue weighted by atomic mass is 10.0. The number of hydrogen-bond donors (Lipinski definition) is 2. The minimum atomic E-state index is -0.478. The standard InChI is InChI=1S/C25H19N5O3/c31-24(10-9-18-11-14-26-15-12-18)28-21-6-1-4-19(16-21)20-5-2-7-22(17-20)29-25-23(30(32)33)8-3-13-27-25/h1-17H,(H,27,29)(H,28,31). The molecule has 162 valence electrons. The summed E-state index contributed by atoms with van der Waals surface area (Å²) in [5, 5.41) is 17.1. The van der Waals surface area contributed by atoms with Gasteiger partial charge in [-0.1, -0.05) is 24.3 Å². The van der Waals surface area contributed by atoms with E-state index < -0.39 is 4.92 Å². The van der Waals surface area contributed by atoms with Crippen LogP contribution >= 0.6 is 0 Å². The van der Waals surface area contributed by atoms with Crippen LogP contribution in [0.25, 0.3) is 17.2 Å². The molecule has 0 aliphatic rings. The van der Waals surface area contributed by atoms with Gasteiger partial charge in [-0.2, -0.15) is 0 Å². The second-order valence-electron chi connectivity index (χ2n) is 7.02. The van der Waals surface area contributed by atoms with Gasteiger partial charge in [0, 0.05) is 42.1 Å². The monoisotopic (exact) mass is 437 g/mol. The third-order valence-corrected chi connectivity index (χ3v) is 4.71. The molecule has 4 aromatic rings. The molecule has 0 radical (unpaired) electrons. The highest BCUT2D eigenvalue weighted by molar-refractivity contribution is 6.02. The molecule has 2 aromatic heterocycles. The van der Waals surface area contributed by atoms with E-state index in [1.54, 1.807) is 30.6 Å². The average Bonchev–Trinajstić information content (AvgIpc) is 2.84. The molecule has 2 aromatic carbocycles. The van der Waals surface area contributed by atoms with Gasteiger partial charge in [-0.15, -0.1) is 0 Å². The van der Waals surface area contributed by atoms with Gasteiger partial charge in [0.25, 0.3) is 0 Å². The van der Waals surface area contributed by atoms with Gasteiger partial charge in [0.2, 0.25) is 11.7 Å². The molecule has 0 aliphatic heterocycles. The van der Waals surface area contributed by atoms with Crippen molar-refractivity contribution in [3.8, 4) is 11.1 Å². The number of hydrogen-bond acceptors (Lipinski definition) is 6. The summed E-state index contributed by atoms with van der Waals surface area (Å²) in [5.41, 5.74) is 3.84. The lowest BCUT2D eigenvalue weighted by Gasteiger charge is -2.10. The molecular formula is C25H19N5O3. The SMILES string of the molecule is O=C(C=Cc1ccncc1)Nc1cccc(-c2cccc(Nc3ncccc3[N+](=O)[O-])c2)c1. The molecule has 1 amide bonds. The molecule has 0 unspecified atom stereocenters. The van der Waals surface area contributed by atoms with Crippen LogP contribution < -0.4 is 10.6 Å². The van der Waals surface area contributed by atoms with Crippen LogP contribution in [0.3, 0.4) is 0 Å². The molecule has 2 N–H and O–H groups in total. The number of carbonyl (C=O) groups excluding carboxylic acids is 1. The summed E-state index contributed by atoms with van der Waals surface area (Å²) in [4.78, 5) is 31.1. The maximum atomic E-state index is 12.3. The van der Waals surface area contributed by atoms with E-state index >= 15 is 0 Å². The number of rotatable bonds is 7. The molecule has 0 saturated carbocycles. The van der Waals surface area contributed by atoms with Gasteiger partial charge in [0.05, 0.1) is 4.92 Å². The largest absolute Gasteiger partial charge is 0.334 e. The van der Waals surface area contributed by atoms with E-state index in [0.717, 1.165) is 16.7 Å². The lowest BCUT2D eigenvalue weighted by Crippen LogP contribution is -2.07. The van der Waals surface area contributed by atoms with E-state index in [4.69, 9.17) is 0 Å². The number of anilines is 3. The van der Waals surface area contributed by atoms with E-state index in [1.165, 1.54) is 24.4 Å². The van der Waals surface area contributed by atoms with Crippen molar-refractivity contribution in [3.63, 3.8) is 0 Å². The van der Waals surface area contributed by atoms with Crippen molar-refractivity contribution in [1.82, 2.24) is 9.97 Å². The molecule has 0 saturated heterocycles. The Kier molecular flexibility index (Phi) is 6.46. The summed E-state index contributed by atoms with van der Waals surface area (Å²) >= 11 is 0. The van der Waals surface area contributed by atoms with Gasteiger partial charge in [-0.3, -0.25) is 19.9 Å². The third-order valence-electron chi connectivity index (χ3n) is 4.71. The molecule has 0 atom stereocenters. The van der Waals surface area contributed by atoms with Crippen LogP contribution in [-0.2, 0) is 4.79 Å². The second kappa shape index (κ2) is 9.97. The fourth-order valence-electron chi connectivity index (χ4n) is 3.16. The summed E-state index contributed by atoms with van der Waals surface area (Å²) in [6.07, 6.45) is 8.00. The number of nitrogens with zero attached hydrogens (tertiary/aromatic N) is 3. The van der Waals surface area contributed by atoms with Gasteiger partial charge in [-0.25, -0.2) is 4.98 Å². The number of aromatic nitrogens is 2. The molecule has 0 fully saturated rings. The van der Waals surface area contributed by atoms with Crippen molar-refractivity contribution < 1.29 is 9.72 Å². The first kappa shape index (κ1) is 21.4. The summed E-state index contributed by atoms with van der Waals surface area (Å²) in [6.45, 7) is 0. The maximum Gasteiger partial charge on any atom is 0.311 e. The predicted octanol–water partition coefficient (Wildman–Crippen LogP) is 5.45. The average molecular weight is 437 g/mol. The van der Waals surface area contributed by atoms with Crippen LogP contribution in [0.1, 0.15) is 5.56 Å². The zero-order valence-corrected chi connectivity index (χ0v) is 17.4. The number of pyridine rings is 2. The van der Waals surface area contributed by atoms with E-state index in [-0.39, 0.29) is 17.4 Å². The topological polar surface area (TPSA) is 110 Å². The minimum absolute atomic E-state index is 0.104. The molecule has 33 heavy (non-hydrogen) atoms.